The first-order valence-corrected chi connectivity index (χ1v) is 8.90. The first kappa shape index (κ1) is 17.2. The van der Waals surface area contributed by atoms with Crippen LogP contribution in [0.15, 0.2) is 24.3 Å². The van der Waals surface area contributed by atoms with Gasteiger partial charge in [0.25, 0.3) is 0 Å². The van der Waals surface area contributed by atoms with Crippen molar-refractivity contribution in [1.29, 1.82) is 0 Å². The molecule has 0 aliphatic heterocycles. The lowest BCUT2D eigenvalue weighted by molar-refractivity contribution is -0.00940. The summed E-state index contributed by atoms with van der Waals surface area (Å²) >= 11 is 7.37. The predicted molar refractivity (Wildman–Crippen MR) is 90.8 cm³/mol. The molecular weight excluding hydrogens is 368 g/mol. The van der Waals surface area contributed by atoms with Gasteiger partial charge in [0.2, 0.25) is 0 Å². The first-order chi connectivity index (χ1) is 8.83. The molecule has 0 bridgehead atoms. The minimum absolute atomic E-state index is 0.0718. The van der Waals surface area contributed by atoms with E-state index in [-0.39, 0.29) is 11.0 Å². The van der Waals surface area contributed by atoms with Crippen LogP contribution in [0.25, 0.3) is 0 Å². The normalized spacial score (nSPS) is 12.7. The number of aryl methyl sites for hydroxylation is 1. The summed E-state index contributed by atoms with van der Waals surface area (Å²) < 4.78 is 5.89. The van der Waals surface area contributed by atoms with E-state index in [0.29, 0.717) is 0 Å². The lowest BCUT2D eigenvalue weighted by atomic mass is 9.81. The highest BCUT2D eigenvalue weighted by molar-refractivity contribution is 9.09. The van der Waals surface area contributed by atoms with Gasteiger partial charge in [0.15, 0.2) is 0 Å². The number of alkyl halides is 2. The third kappa shape index (κ3) is 5.20. The van der Waals surface area contributed by atoms with Crippen LogP contribution in [0.2, 0.25) is 0 Å². The van der Waals surface area contributed by atoms with Crippen molar-refractivity contribution in [1.82, 2.24) is 0 Å². The van der Waals surface area contributed by atoms with Crippen LogP contribution in [0.1, 0.15) is 38.3 Å². The van der Waals surface area contributed by atoms with Crippen LogP contribution in [-0.2, 0) is 10.2 Å². The molecule has 0 saturated heterocycles. The molecule has 0 spiro atoms. The van der Waals surface area contributed by atoms with Crippen molar-refractivity contribution in [3.63, 3.8) is 0 Å². The maximum atomic E-state index is 5.89. The fourth-order valence-corrected chi connectivity index (χ4v) is 4.06. The van der Waals surface area contributed by atoms with E-state index in [2.05, 4.69) is 83.8 Å². The summed E-state index contributed by atoms with van der Waals surface area (Å²) in [5, 5.41) is 1.86. The highest BCUT2D eigenvalue weighted by Crippen LogP contribution is 2.33. The van der Waals surface area contributed by atoms with Crippen LogP contribution in [0.4, 0.5) is 0 Å². The van der Waals surface area contributed by atoms with Crippen LogP contribution in [0.5, 0.6) is 0 Å². The molecule has 1 nitrogen and oxygen atoms in total. The second-order valence-electron chi connectivity index (χ2n) is 6.12. The second kappa shape index (κ2) is 7.24. The van der Waals surface area contributed by atoms with E-state index < -0.39 is 0 Å². The van der Waals surface area contributed by atoms with Gasteiger partial charge in [-0.25, -0.2) is 0 Å². The fourth-order valence-electron chi connectivity index (χ4n) is 1.93. The predicted octanol–water partition coefficient (Wildman–Crippen LogP) is 5.23. The molecule has 0 aromatic heterocycles. The lowest BCUT2D eigenvalue weighted by Crippen LogP contribution is -2.33. The number of hydrogen-bond donors (Lipinski definition) is 0. The van der Waals surface area contributed by atoms with Gasteiger partial charge in [-0.05, 0) is 39.7 Å². The van der Waals surface area contributed by atoms with E-state index in [1.165, 1.54) is 11.1 Å². The number of rotatable bonds is 6. The highest BCUT2D eigenvalue weighted by Gasteiger charge is 2.30. The molecule has 0 aliphatic rings. The van der Waals surface area contributed by atoms with Gasteiger partial charge in [-0.1, -0.05) is 61.7 Å². The van der Waals surface area contributed by atoms with Gasteiger partial charge in [-0.15, -0.1) is 0 Å². The van der Waals surface area contributed by atoms with Crippen molar-refractivity contribution in [3.8, 4) is 0 Å². The van der Waals surface area contributed by atoms with E-state index in [0.717, 1.165) is 23.7 Å². The van der Waals surface area contributed by atoms with Gasteiger partial charge >= 0.3 is 0 Å². The molecule has 0 saturated carbocycles. The maximum Gasteiger partial charge on any atom is 0.0598 e. The minimum Gasteiger partial charge on any atom is -0.376 e. The Bertz CT molecular complexity index is 375. The van der Waals surface area contributed by atoms with Gasteiger partial charge < -0.3 is 4.74 Å². The molecule has 1 rings (SSSR count). The monoisotopic (exact) mass is 390 g/mol. The number of ether oxygens (including phenoxy) is 1. The van der Waals surface area contributed by atoms with E-state index in [9.17, 15) is 0 Å². The summed E-state index contributed by atoms with van der Waals surface area (Å²) in [6, 6.07) is 8.82. The average Bonchev–Trinajstić information content (AvgIpc) is 2.35. The fraction of sp³-hybridized carbons (Fsp3) is 0.625. The Hall–Kier alpha value is 0.140. The Morgan fingerprint density at radius 3 is 1.95 bits per heavy atom. The number of halogens is 2. The van der Waals surface area contributed by atoms with Crippen molar-refractivity contribution in [2.75, 3.05) is 17.3 Å². The SMILES string of the molecule is Cc1ccc(C(CBr)(CBr)CCOC(C)(C)C)cc1. The summed E-state index contributed by atoms with van der Waals surface area (Å²) in [6.45, 7) is 9.19. The molecule has 0 fully saturated rings. The summed E-state index contributed by atoms with van der Waals surface area (Å²) in [7, 11) is 0. The Balaban J connectivity index is 2.82. The summed E-state index contributed by atoms with van der Waals surface area (Å²) in [5.41, 5.74) is 2.69. The molecule has 0 amide bonds. The molecule has 1 aromatic carbocycles. The third-order valence-corrected chi connectivity index (χ3v) is 5.44. The molecule has 0 unspecified atom stereocenters. The summed E-state index contributed by atoms with van der Waals surface area (Å²) in [5.74, 6) is 0. The van der Waals surface area contributed by atoms with Crippen molar-refractivity contribution >= 4 is 31.9 Å². The van der Waals surface area contributed by atoms with Crippen LogP contribution >= 0.6 is 31.9 Å². The summed E-state index contributed by atoms with van der Waals surface area (Å²) in [4.78, 5) is 0. The van der Waals surface area contributed by atoms with Crippen LogP contribution < -0.4 is 0 Å². The molecular formula is C16H24Br2O. The third-order valence-electron chi connectivity index (χ3n) is 3.29. The van der Waals surface area contributed by atoms with Crippen molar-refractivity contribution in [3.05, 3.63) is 35.4 Å². The van der Waals surface area contributed by atoms with Gasteiger partial charge in [0, 0.05) is 22.7 Å². The zero-order valence-corrected chi connectivity index (χ0v) is 15.5. The van der Waals surface area contributed by atoms with Crippen molar-refractivity contribution < 1.29 is 4.74 Å². The lowest BCUT2D eigenvalue weighted by Gasteiger charge is -2.32. The molecule has 1 aromatic rings. The van der Waals surface area contributed by atoms with Crippen LogP contribution in [0.3, 0.4) is 0 Å². The molecule has 108 valence electrons. The maximum absolute atomic E-state index is 5.89. The van der Waals surface area contributed by atoms with Gasteiger partial charge in [-0.2, -0.15) is 0 Å². The minimum atomic E-state index is -0.0718. The number of hydrogen-bond acceptors (Lipinski definition) is 1. The summed E-state index contributed by atoms with van der Waals surface area (Å²) in [6.07, 6.45) is 1.00. The van der Waals surface area contributed by atoms with E-state index in [4.69, 9.17) is 4.74 Å². The molecule has 0 atom stereocenters. The van der Waals surface area contributed by atoms with Gasteiger partial charge in [0.05, 0.1) is 5.60 Å². The van der Waals surface area contributed by atoms with Gasteiger partial charge in [0.1, 0.15) is 0 Å². The standard InChI is InChI=1S/C16H24Br2O/c1-13-5-7-14(8-6-13)16(11-17,12-18)9-10-19-15(2,3)4/h5-8H,9-12H2,1-4H3. The molecule has 0 radical (unpaired) electrons. The molecule has 0 aliphatic carbocycles. The Labute approximate surface area is 134 Å². The topological polar surface area (TPSA) is 9.23 Å². The quantitative estimate of drug-likeness (QED) is 0.603. The van der Waals surface area contributed by atoms with Crippen molar-refractivity contribution in [2.24, 2.45) is 0 Å². The Morgan fingerprint density at radius 1 is 1.00 bits per heavy atom. The molecule has 19 heavy (non-hydrogen) atoms. The van der Waals surface area contributed by atoms with Crippen molar-refractivity contribution in [2.45, 2.75) is 45.1 Å². The van der Waals surface area contributed by atoms with Crippen LogP contribution in [0, 0.1) is 6.92 Å². The average molecular weight is 392 g/mol. The second-order valence-corrected chi connectivity index (χ2v) is 7.25. The smallest absolute Gasteiger partial charge is 0.0598 e. The Morgan fingerprint density at radius 2 is 1.53 bits per heavy atom. The van der Waals surface area contributed by atoms with E-state index in [1.54, 1.807) is 0 Å². The Kier molecular flexibility index (Phi) is 6.55. The number of benzene rings is 1. The first-order valence-electron chi connectivity index (χ1n) is 6.66. The zero-order chi connectivity index (χ0) is 14.5. The largest absolute Gasteiger partial charge is 0.376 e. The molecule has 0 N–H and O–H groups in total. The van der Waals surface area contributed by atoms with Gasteiger partial charge in [-0.3, -0.25) is 0 Å². The molecule has 3 heteroatoms. The van der Waals surface area contributed by atoms with E-state index in [1.807, 2.05) is 0 Å². The van der Waals surface area contributed by atoms with E-state index >= 15 is 0 Å². The highest BCUT2D eigenvalue weighted by atomic mass is 79.9. The zero-order valence-electron chi connectivity index (χ0n) is 12.3. The van der Waals surface area contributed by atoms with Crippen LogP contribution in [-0.4, -0.2) is 22.9 Å². The molecule has 0 heterocycles.